The van der Waals surface area contributed by atoms with Crippen molar-refractivity contribution in [3.05, 3.63) is 18.0 Å². The number of piperidine rings is 1. The van der Waals surface area contributed by atoms with E-state index in [-0.39, 0.29) is 11.9 Å². The second kappa shape index (κ2) is 4.82. The lowest BCUT2D eigenvalue weighted by Gasteiger charge is -2.27. The maximum atomic E-state index is 12.4. The van der Waals surface area contributed by atoms with Crippen molar-refractivity contribution in [2.75, 3.05) is 18.8 Å². The van der Waals surface area contributed by atoms with E-state index in [9.17, 15) is 4.79 Å². The van der Waals surface area contributed by atoms with Gasteiger partial charge in [0.1, 0.15) is 5.69 Å². The molecule has 0 atom stereocenters. The van der Waals surface area contributed by atoms with E-state index in [1.807, 2.05) is 15.7 Å². The third-order valence-corrected chi connectivity index (χ3v) is 3.29. The first-order valence-electron chi connectivity index (χ1n) is 6.36. The fourth-order valence-electron chi connectivity index (χ4n) is 2.36. The molecule has 0 bridgehead atoms. The number of nitrogens with two attached hydrogens (primary N) is 1. The van der Waals surface area contributed by atoms with Crippen LogP contribution in [0.5, 0.6) is 0 Å². The van der Waals surface area contributed by atoms with E-state index >= 15 is 0 Å². The van der Waals surface area contributed by atoms with Gasteiger partial charge in [0.25, 0.3) is 5.91 Å². The molecule has 1 aliphatic heterocycles. The molecule has 4 heteroatoms. The predicted octanol–water partition coefficient (Wildman–Crippen LogP) is 2.28. The molecule has 0 unspecified atom stereocenters. The van der Waals surface area contributed by atoms with Gasteiger partial charge >= 0.3 is 0 Å². The van der Waals surface area contributed by atoms with Crippen LogP contribution in [0.15, 0.2) is 12.3 Å². The molecule has 1 aromatic rings. The maximum Gasteiger partial charge on any atom is 0.270 e. The highest BCUT2D eigenvalue weighted by Gasteiger charge is 2.22. The van der Waals surface area contributed by atoms with Crippen LogP contribution in [0.3, 0.4) is 0 Å². The maximum absolute atomic E-state index is 12.4. The fourth-order valence-corrected chi connectivity index (χ4v) is 2.36. The minimum absolute atomic E-state index is 0.120. The summed E-state index contributed by atoms with van der Waals surface area (Å²) < 4.78 is 1.96. The number of hydrogen-bond acceptors (Lipinski definition) is 2. The summed E-state index contributed by atoms with van der Waals surface area (Å²) >= 11 is 0. The Balaban J connectivity index is 2.23. The smallest absolute Gasteiger partial charge is 0.270 e. The van der Waals surface area contributed by atoms with E-state index in [0.29, 0.717) is 5.69 Å². The van der Waals surface area contributed by atoms with Gasteiger partial charge in [-0.1, -0.05) is 0 Å². The molecular weight excluding hydrogens is 214 g/mol. The number of nitrogens with zero attached hydrogens (tertiary/aromatic N) is 2. The normalized spacial score (nSPS) is 16.5. The quantitative estimate of drug-likeness (QED) is 0.855. The van der Waals surface area contributed by atoms with Crippen LogP contribution in [0.2, 0.25) is 0 Å². The zero-order valence-electron chi connectivity index (χ0n) is 10.6. The van der Waals surface area contributed by atoms with Gasteiger partial charge in [-0.05, 0) is 39.2 Å². The number of hydrogen-bond donors (Lipinski definition) is 1. The molecule has 2 rings (SSSR count). The minimum Gasteiger partial charge on any atom is -0.397 e. The molecule has 1 aromatic heterocycles. The van der Waals surface area contributed by atoms with Crippen LogP contribution in [0.25, 0.3) is 0 Å². The standard InChI is InChI=1S/C13H21N3O/c1-10(2)16-9-11(14)8-12(16)13(17)15-6-4-3-5-7-15/h8-10H,3-7,14H2,1-2H3. The summed E-state index contributed by atoms with van der Waals surface area (Å²) in [5.74, 6) is 0.120. The molecule has 1 fully saturated rings. The highest BCUT2D eigenvalue weighted by Crippen LogP contribution is 2.20. The predicted molar refractivity (Wildman–Crippen MR) is 69.0 cm³/mol. The molecule has 1 saturated heterocycles. The van der Waals surface area contributed by atoms with Gasteiger partial charge in [-0.3, -0.25) is 4.79 Å². The van der Waals surface area contributed by atoms with Crippen LogP contribution in [0.4, 0.5) is 5.69 Å². The third-order valence-electron chi connectivity index (χ3n) is 3.29. The number of nitrogen functional groups attached to an aromatic ring is 1. The van der Waals surface area contributed by atoms with Crippen LogP contribution < -0.4 is 5.73 Å². The molecule has 0 radical (unpaired) electrons. The molecule has 2 heterocycles. The van der Waals surface area contributed by atoms with Crippen LogP contribution in [0.1, 0.15) is 49.6 Å². The van der Waals surface area contributed by atoms with Gasteiger partial charge in [-0.2, -0.15) is 0 Å². The Labute approximate surface area is 102 Å². The summed E-state index contributed by atoms with van der Waals surface area (Å²) in [7, 11) is 0. The van der Waals surface area contributed by atoms with E-state index in [2.05, 4.69) is 13.8 Å². The Hall–Kier alpha value is -1.45. The Morgan fingerprint density at radius 1 is 1.29 bits per heavy atom. The van der Waals surface area contributed by atoms with Crippen molar-refractivity contribution in [2.24, 2.45) is 0 Å². The molecule has 4 nitrogen and oxygen atoms in total. The average molecular weight is 235 g/mol. The van der Waals surface area contributed by atoms with Crippen molar-refractivity contribution in [3.63, 3.8) is 0 Å². The van der Waals surface area contributed by atoms with E-state index < -0.39 is 0 Å². The number of rotatable bonds is 2. The van der Waals surface area contributed by atoms with Gasteiger partial charge < -0.3 is 15.2 Å². The van der Waals surface area contributed by atoms with Gasteiger partial charge in [0, 0.05) is 25.3 Å². The number of likely N-dealkylation sites (tertiary alicyclic amines) is 1. The van der Waals surface area contributed by atoms with E-state index in [4.69, 9.17) is 5.73 Å². The molecule has 0 saturated carbocycles. The SMILES string of the molecule is CC(C)n1cc(N)cc1C(=O)N1CCCCC1. The van der Waals surface area contributed by atoms with Crippen LogP contribution in [0, 0.1) is 0 Å². The summed E-state index contributed by atoms with van der Waals surface area (Å²) in [4.78, 5) is 14.3. The number of amides is 1. The van der Waals surface area contributed by atoms with Crippen LogP contribution in [-0.2, 0) is 0 Å². The second-order valence-electron chi connectivity index (χ2n) is 5.01. The van der Waals surface area contributed by atoms with E-state index in [0.717, 1.165) is 31.6 Å². The van der Waals surface area contributed by atoms with Crippen molar-refractivity contribution in [1.82, 2.24) is 9.47 Å². The van der Waals surface area contributed by atoms with Crippen LogP contribution >= 0.6 is 0 Å². The van der Waals surface area contributed by atoms with Gasteiger partial charge in [0.2, 0.25) is 0 Å². The second-order valence-corrected chi connectivity index (χ2v) is 5.01. The number of aromatic nitrogens is 1. The van der Waals surface area contributed by atoms with Gasteiger partial charge in [0.05, 0.1) is 5.69 Å². The lowest BCUT2D eigenvalue weighted by atomic mass is 10.1. The third kappa shape index (κ3) is 2.46. The Morgan fingerprint density at radius 2 is 1.94 bits per heavy atom. The molecule has 17 heavy (non-hydrogen) atoms. The fraction of sp³-hybridized carbons (Fsp3) is 0.615. The summed E-state index contributed by atoms with van der Waals surface area (Å²) in [6, 6.07) is 2.05. The monoisotopic (exact) mass is 235 g/mol. The average Bonchev–Trinajstić information content (AvgIpc) is 2.72. The van der Waals surface area contributed by atoms with Gasteiger partial charge in [-0.25, -0.2) is 0 Å². The molecule has 1 aliphatic rings. The van der Waals surface area contributed by atoms with Gasteiger partial charge in [0.15, 0.2) is 0 Å². The Morgan fingerprint density at radius 3 is 2.53 bits per heavy atom. The zero-order valence-corrected chi connectivity index (χ0v) is 10.6. The van der Waals surface area contributed by atoms with Gasteiger partial charge in [-0.15, -0.1) is 0 Å². The summed E-state index contributed by atoms with van der Waals surface area (Å²) in [6.45, 7) is 5.88. The lowest BCUT2D eigenvalue weighted by Crippen LogP contribution is -2.36. The first-order chi connectivity index (χ1) is 8.09. The molecule has 94 valence electrons. The van der Waals surface area contributed by atoms with Crippen LogP contribution in [-0.4, -0.2) is 28.5 Å². The summed E-state index contributed by atoms with van der Waals surface area (Å²) in [5, 5.41) is 0. The zero-order chi connectivity index (χ0) is 12.4. The molecule has 1 amide bonds. The topological polar surface area (TPSA) is 51.3 Å². The summed E-state index contributed by atoms with van der Waals surface area (Å²) in [5.41, 5.74) is 7.18. The first-order valence-corrected chi connectivity index (χ1v) is 6.36. The number of anilines is 1. The van der Waals surface area contributed by atoms with Crippen molar-refractivity contribution in [2.45, 2.75) is 39.2 Å². The molecular formula is C13H21N3O. The minimum atomic E-state index is 0.120. The number of carbonyl (C=O) groups excluding carboxylic acids is 1. The summed E-state index contributed by atoms with van der Waals surface area (Å²) in [6.07, 6.45) is 5.31. The lowest BCUT2D eigenvalue weighted by molar-refractivity contribution is 0.0712. The van der Waals surface area contributed by atoms with Crippen molar-refractivity contribution >= 4 is 11.6 Å². The Kier molecular flexibility index (Phi) is 3.41. The highest BCUT2D eigenvalue weighted by atomic mass is 16.2. The van der Waals surface area contributed by atoms with Crippen molar-refractivity contribution in [1.29, 1.82) is 0 Å². The molecule has 2 N–H and O–H groups in total. The molecule has 0 spiro atoms. The van der Waals surface area contributed by atoms with Crippen molar-refractivity contribution < 1.29 is 4.79 Å². The first kappa shape index (κ1) is 12.0. The van der Waals surface area contributed by atoms with E-state index in [1.165, 1.54) is 6.42 Å². The number of carbonyl (C=O) groups is 1. The van der Waals surface area contributed by atoms with Crippen molar-refractivity contribution in [3.8, 4) is 0 Å². The molecule has 0 aromatic carbocycles. The molecule has 0 aliphatic carbocycles. The Bertz CT molecular complexity index is 403. The van der Waals surface area contributed by atoms with E-state index in [1.54, 1.807) is 6.07 Å². The largest absolute Gasteiger partial charge is 0.397 e. The highest BCUT2D eigenvalue weighted by molar-refractivity contribution is 5.94.